The fourth-order valence-electron chi connectivity index (χ4n) is 6.55. The van der Waals surface area contributed by atoms with E-state index in [1.165, 1.54) is 5.56 Å². The van der Waals surface area contributed by atoms with Crippen molar-refractivity contribution in [3.63, 3.8) is 0 Å². The van der Waals surface area contributed by atoms with E-state index in [2.05, 4.69) is 35.2 Å². The Morgan fingerprint density at radius 3 is 2.32 bits per heavy atom. The molecule has 25 heavy (non-hydrogen) atoms. The van der Waals surface area contributed by atoms with Crippen molar-refractivity contribution in [3.8, 4) is 0 Å². The van der Waals surface area contributed by atoms with Gasteiger partial charge in [0.25, 0.3) is 0 Å². The number of hydrogen-bond acceptors (Lipinski definition) is 3. The number of aliphatic hydroxyl groups excluding tert-OH is 1. The Bertz CT molecular complexity index is 625. The van der Waals surface area contributed by atoms with Crippen LogP contribution in [0.1, 0.15) is 37.7 Å². The quantitative estimate of drug-likeness (QED) is 0.903. The van der Waals surface area contributed by atoms with E-state index in [1.807, 2.05) is 11.8 Å². The highest BCUT2D eigenvalue weighted by atomic mass is 32.2. The Labute approximate surface area is 154 Å². The molecule has 5 fully saturated rings. The van der Waals surface area contributed by atoms with Crippen molar-refractivity contribution in [2.75, 3.05) is 18.2 Å². The number of amides is 1. The minimum atomic E-state index is -0.0908. The van der Waals surface area contributed by atoms with Gasteiger partial charge in [-0.1, -0.05) is 30.3 Å². The third-order valence-corrected chi connectivity index (χ3v) is 8.60. The molecule has 4 heteroatoms. The Morgan fingerprint density at radius 2 is 1.76 bits per heavy atom. The van der Waals surface area contributed by atoms with Gasteiger partial charge in [0.2, 0.25) is 5.91 Å². The summed E-state index contributed by atoms with van der Waals surface area (Å²) < 4.78 is 0. The molecule has 1 aromatic rings. The lowest BCUT2D eigenvalue weighted by molar-refractivity contribution is -0.152. The molecule has 6 rings (SSSR count). The van der Waals surface area contributed by atoms with Crippen LogP contribution in [0.5, 0.6) is 0 Å². The van der Waals surface area contributed by atoms with Gasteiger partial charge in [-0.15, -0.1) is 11.8 Å². The van der Waals surface area contributed by atoms with Crippen molar-refractivity contribution in [3.05, 3.63) is 35.9 Å². The molecule has 4 saturated carbocycles. The number of nitrogens with zero attached hydrogens (tertiary/aromatic N) is 1. The summed E-state index contributed by atoms with van der Waals surface area (Å²) in [6.07, 6.45) is 4.99. The molecule has 1 aliphatic heterocycles. The molecule has 0 radical (unpaired) electrons. The average molecular weight is 358 g/mol. The number of rotatable bonds is 3. The van der Waals surface area contributed by atoms with Crippen LogP contribution in [0.25, 0.3) is 0 Å². The van der Waals surface area contributed by atoms with Gasteiger partial charge < -0.3 is 10.0 Å². The van der Waals surface area contributed by atoms with Crippen LogP contribution in [0.4, 0.5) is 0 Å². The van der Waals surface area contributed by atoms with Crippen molar-refractivity contribution >= 4 is 17.7 Å². The summed E-state index contributed by atoms with van der Waals surface area (Å²) in [6.45, 7) is 0.910. The summed E-state index contributed by atoms with van der Waals surface area (Å²) in [7, 11) is 0. The zero-order valence-corrected chi connectivity index (χ0v) is 15.5. The van der Waals surface area contributed by atoms with Gasteiger partial charge in [-0.3, -0.25) is 4.79 Å². The molecule has 0 spiro atoms. The van der Waals surface area contributed by atoms with Crippen LogP contribution < -0.4 is 0 Å². The first-order valence-electron chi connectivity index (χ1n) is 9.77. The van der Waals surface area contributed by atoms with E-state index in [9.17, 15) is 9.90 Å². The van der Waals surface area contributed by atoms with Gasteiger partial charge in [-0.25, -0.2) is 0 Å². The van der Waals surface area contributed by atoms with E-state index in [0.717, 1.165) is 43.9 Å². The lowest BCUT2D eigenvalue weighted by atomic mass is 9.42. The zero-order valence-electron chi connectivity index (χ0n) is 14.6. The monoisotopic (exact) mass is 357 g/mol. The van der Waals surface area contributed by atoms with E-state index >= 15 is 0 Å². The van der Waals surface area contributed by atoms with E-state index < -0.39 is 0 Å². The smallest absolute Gasteiger partial charge is 0.224 e. The number of carbonyl (C=O) groups is 1. The molecule has 1 heterocycles. The zero-order chi connectivity index (χ0) is 17.0. The Morgan fingerprint density at radius 1 is 1.12 bits per heavy atom. The number of thioether (sulfide) groups is 1. The van der Waals surface area contributed by atoms with E-state index in [1.54, 1.807) is 0 Å². The molecular weight excluding hydrogens is 330 g/mol. The fourth-order valence-corrected chi connectivity index (χ4v) is 7.52. The molecule has 1 amide bonds. The van der Waals surface area contributed by atoms with Crippen molar-refractivity contribution in [2.45, 2.75) is 43.6 Å². The molecule has 4 bridgehead atoms. The number of benzene rings is 1. The molecule has 3 nitrogen and oxygen atoms in total. The average Bonchev–Trinajstić information content (AvgIpc) is 3.15. The number of carbonyl (C=O) groups excluding carboxylic acids is 1. The Hall–Kier alpha value is -1.00. The third-order valence-electron chi connectivity index (χ3n) is 7.63. The maximum Gasteiger partial charge on any atom is 0.224 e. The summed E-state index contributed by atoms with van der Waals surface area (Å²) in [4.78, 5) is 15.2. The normalized spacial score (nSPS) is 42.1. The van der Waals surface area contributed by atoms with Crippen LogP contribution in [0, 0.1) is 23.7 Å². The first-order valence-corrected chi connectivity index (χ1v) is 10.9. The molecule has 0 aromatic heterocycles. The van der Waals surface area contributed by atoms with Crippen LogP contribution in [0.2, 0.25) is 0 Å². The van der Waals surface area contributed by atoms with Gasteiger partial charge in [0, 0.05) is 24.1 Å². The highest BCUT2D eigenvalue weighted by Crippen LogP contribution is 2.64. The molecule has 5 aliphatic rings. The van der Waals surface area contributed by atoms with E-state index in [-0.39, 0.29) is 11.5 Å². The van der Waals surface area contributed by atoms with Crippen LogP contribution in [0.3, 0.4) is 0 Å². The van der Waals surface area contributed by atoms with Crippen LogP contribution in [-0.4, -0.2) is 40.2 Å². The van der Waals surface area contributed by atoms with Gasteiger partial charge in [0.1, 0.15) is 0 Å². The largest absolute Gasteiger partial charge is 0.393 e. The SMILES string of the molecule is O=C(CC1(c2ccccc2)C2CC3CC1CC(C2)C3O)N1CCSC1. The molecule has 134 valence electrons. The number of aliphatic hydroxyl groups is 1. The Balaban J connectivity index is 1.53. The first-order chi connectivity index (χ1) is 12.2. The first kappa shape index (κ1) is 16.2. The highest BCUT2D eigenvalue weighted by molar-refractivity contribution is 7.99. The summed E-state index contributed by atoms with van der Waals surface area (Å²) in [5, 5.41) is 10.5. The second-order valence-corrected chi connectivity index (χ2v) is 9.70. The van der Waals surface area contributed by atoms with Gasteiger partial charge in [-0.05, 0) is 54.9 Å². The van der Waals surface area contributed by atoms with E-state index in [4.69, 9.17) is 0 Å². The summed E-state index contributed by atoms with van der Waals surface area (Å²) >= 11 is 1.87. The molecule has 0 unspecified atom stereocenters. The summed E-state index contributed by atoms with van der Waals surface area (Å²) in [5.74, 6) is 4.34. The summed E-state index contributed by atoms with van der Waals surface area (Å²) in [5.41, 5.74) is 1.37. The predicted octanol–water partition coefficient (Wildman–Crippen LogP) is 3.27. The minimum Gasteiger partial charge on any atom is -0.393 e. The van der Waals surface area contributed by atoms with Gasteiger partial charge in [0.05, 0.1) is 12.0 Å². The molecular formula is C21H27NO2S. The standard InChI is InChI=1S/C21H27NO2S/c23-19(22-6-7-25-13-22)12-21(16-4-2-1-3-5-16)17-8-14-9-18(21)11-15(10-17)20(14)24/h1-5,14-15,17-18,20,24H,6-13H2. The molecule has 1 saturated heterocycles. The van der Waals surface area contributed by atoms with Crippen molar-refractivity contribution in [2.24, 2.45) is 23.7 Å². The third kappa shape index (κ3) is 2.40. The predicted molar refractivity (Wildman–Crippen MR) is 100 cm³/mol. The molecule has 1 N–H and O–H groups in total. The van der Waals surface area contributed by atoms with Crippen LogP contribution in [0.15, 0.2) is 30.3 Å². The van der Waals surface area contributed by atoms with Crippen molar-refractivity contribution in [1.29, 1.82) is 0 Å². The lowest BCUT2D eigenvalue weighted by Gasteiger charge is -2.63. The van der Waals surface area contributed by atoms with Crippen molar-refractivity contribution in [1.82, 2.24) is 4.90 Å². The second kappa shape index (κ2) is 6.02. The van der Waals surface area contributed by atoms with E-state index in [0.29, 0.717) is 36.0 Å². The van der Waals surface area contributed by atoms with Crippen LogP contribution in [-0.2, 0) is 10.2 Å². The molecule has 1 aromatic carbocycles. The topological polar surface area (TPSA) is 40.5 Å². The molecule has 4 aliphatic carbocycles. The van der Waals surface area contributed by atoms with Gasteiger partial charge in [0.15, 0.2) is 0 Å². The lowest BCUT2D eigenvalue weighted by Crippen LogP contribution is -2.61. The summed E-state index contributed by atoms with van der Waals surface area (Å²) in [6, 6.07) is 10.9. The highest BCUT2D eigenvalue weighted by Gasteiger charge is 2.61. The maximum atomic E-state index is 13.1. The van der Waals surface area contributed by atoms with Gasteiger partial charge >= 0.3 is 0 Å². The van der Waals surface area contributed by atoms with Crippen LogP contribution >= 0.6 is 11.8 Å². The number of hydrogen-bond donors (Lipinski definition) is 1. The van der Waals surface area contributed by atoms with Gasteiger partial charge in [-0.2, -0.15) is 0 Å². The maximum absolute atomic E-state index is 13.1. The second-order valence-electron chi connectivity index (χ2n) is 8.63. The Kier molecular flexibility index (Phi) is 3.90. The fraction of sp³-hybridized carbons (Fsp3) is 0.667. The minimum absolute atomic E-state index is 0.00125. The van der Waals surface area contributed by atoms with Crippen molar-refractivity contribution < 1.29 is 9.90 Å². The molecule has 0 atom stereocenters.